The minimum atomic E-state index is 0.588. The maximum absolute atomic E-state index is 6.27. The molecule has 0 aliphatic heterocycles. The summed E-state index contributed by atoms with van der Waals surface area (Å²) in [5.74, 6) is 0.843. The predicted molar refractivity (Wildman–Crippen MR) is 95.9 cm³/mol. The molecule has 5 heteroatoms. The molecule has 0 saturated heterocycles. The van der Waals surface area contributed by atoms with Gasteiger partial charge in [0.1, 0.15) is 5.01 Å². The van der Waals surface area contributed by atoms with E-state index in [0.29, 0.717) is 10.0 Å². The van der Waals surface area contributed by atoms with Crippen LogP contribution in [-0.4, -0.2) is 11.5 Å². The van der Waals surface area contributed by atoms with Crippen LogP contribution in [-0.2, 0) is 6.54 Å². The number of aromatic nitrogens is 1. The van der Waals surface area contributed by atoms with E-state index in [4.69, 9.17) is 23.2 Å². The summed E-state index contributed by atoms with van der Waals surface area (Å²) in [6, 6.07) is 5.71. The fourth-order valence-electron chi connectivity index (χ4n) is 2.99. The summed E-state index contributed by atoms with van der Waals surface area (Å²) in [6.45, 7) is 1.94. The van der Waals surface area contributed by atoms with Crippen LogP contribution in [0.25, 0.3) is 10.4 Å². The van der Waals surface area contributed by atoms with Gasteiger partial charge in [-0.05, 0) is 31.4 Å². The average Bonchev–Trinajstić information content (AvgIpc) is 3.00. The van der Waals surface area contributed by atoms with Gasteiger partial charge >= 0.3 is 0 Å². The van der Waals surface area contributed by atoms with Crippen LogP contribution in [0.15, 0.2) is 24.4 Å². The molecule has 1 aromatic heterocycles. The molecular weight excluding hydrogens is 335 g/mol. The average molecular weight is 355 g/mol. The van der Waals surface area contributed by atoms with Gasteiger partial charge in [0.05, 0.1) is 14.9 Å². The topological polar surface area (TPSA) is 24.9 Å². The largest absolute Gasteiger partial charge is 0.310 e. The number of nitrogens with zero attached hydrogens (tertiary/aromatic N) is 1. The smallest absolute Gasteiger partial charge is 0.107 e. The number of hydrogen-bond acceptors (Lipinski definition) is 3. The van der Waals surface area contributed by atoms with Crippen molar-refractivity contribution in [3.05, 3.63) is 39.4 Å². The van der Waals surface area contributed by atoms with Crippen molar-refractivity contribution in [2.45, 2.75) is 38.6 Å². The van der Waals surface area contributed by atoms with Gasteiger partial charge in [-0.2, -0.15) is 0 Å². The lowest BCUT2D eigenvalue weighted by Gasteiger charge is -2.21. The van der Waals surface area contributed by atoms with Gasteiger partial charge in [0.2, 0.25) is 0 Å². The summed E-state index contributed by atoms with van der Waals surface area (Å²) >= 11 is 14.0. The molecule has 1 N–H and O–H groups in total. The highest BCUT2D eigenvalue weighted by atomic mass is 35.5. The minimum absolute atomic E-state index is 0.588. The Morgan fingerprint density at radius 3 is 2.82 bits per heavy atom. The van der Waals surface area contributed by atoms with Crippen molar-refractivity contribution in [1.82, 2.24) is 10.3 Å². The van der Waals surface area contributed by atoms with E-state index in [1.807, 2.05) is 18.3 Å². The number of hydrogen-bond donors (Lipinski definition) is 1. The Morgan fingerprint density at radius 1 is 1.18 bits per heavy atom. The Morgan fingerprint density at radius 2 is 2.00 bits per heavy atom. The van der Waals surface area contributed by atoms with Crippen LogP contribution in [0.1, 0.15) is 37.1 Å². The molecule has 2 nitrogen and oxygen atoms in total. The molecule has 118 valence electrons. The van der Waals surface area contributed by atoms with Crippen molar-refractivity contribution in [2.75, 3.05) is 6.54 Å². The van der Waals surface area contributed by atoms with E-state index in [0.717, 1.165) is 34.5 Å². The first-order chi connectivity index (χ1) is 10.7. The number of thiazole rings is 1. The standard InChI is InChI=1S/C17H20Cl2N2S/c18-14-8-4-7-13(17(14)19)15-10-21-16(22-15)11-20-9-12-5-2-1-3-6-12/h4,7-8,10,12,20H,1-3,5-6,9,11H2. The number of nitrogens with one attached hydrogen (secondary N) is 1. The van der Waals surface area contributed by atoms with Crippen LogP contribution in [0.4, 0.5) is 0 Å². The maximum Gasteiger partial charge on any atom is 0.107 e. The van der Waals surface area contributed by atoms with Gasteiger partial charge in [0.25, 0.3) is 0 Å². The van der Waals surface area contributed by atoms with Crippen molar-refractivity contribution < 1.29 is 0 Å². The van der Waals surface area contributed by atoms with Crippen molar-refractivity contribution >= 4 is 34.5 Å². The summed E-state index contributed by atoms with van der Waals surface area (Å²) in [5.41, 5.74) is 0.963. The molecule has 1 heterocycles. The fourth-order valence-corrected chi connectivity index (χ4v) is 4.36. The van der Waals surface area contributed by atoms with Crippen LogP contribution in [0.2, 0.25) is 10.0 Å². The first kappa shape index (κ1) is 16.3. The molecule has 0 amide bonds. The first-order valence-electron chi connectivity index (χ1n) is 7.84. The lowest BCUT2D eigenvalue weighted by atomic mass is 9.89. The Labute approximate surface area is 145 Å². The van der Waals surface area contributed by atoms with Crippen molar-refractivity contribution in [1.29, 1.82) is 0 Å². The van der Waals surface area contributed by atoms with E-state index in [1.54, 1.807) is 17.4 Å². The monoisotopic (exact) mass is 354 g/mol. The van der Waals surface area contributed by atoms with Crippen LogP contribution in [0.3, 0.4) is 0 Å². The maximum atomic E-state index is 6.27. The normalized spacial score (nSPS) is 16.1. The van der Waals surface area contributed by atoms with Crippen LogP contribution >= 0.6 is 34.5 Å². The minimum Gasteiger partial charge on any atom is -0.310 e. The Kier molecular flexibility index (Phi) is 5.75. The molecule has 22 heavy (non-hydrogen) atoms. The Balaban J connectivity index is 1.58. The van der Waals surface area contributed by atoms with E-state index in [9.17, 15) is 0 Å². The zero-order chi connectivity index (χ0) is 15.4. The summed E-state index contributed by atoms with van der Waals surface area (Å²) in [6.07, 6.45) is 8.82. The summed E-state index contributed by atoms with van der Waals surface area (Å²) in [7, 11) is 0. The van der Waals surface area contributed by atoms with Gasteiger partial charge in [0.15, 0.2) is 0 Å². The molecule has 1 aromatic carbocycles. The molecule has 2 aromatic rings. The highest BCUT2D eigenvalue weighted by Gasteiger charge is 2.14. The van der Waals surface area contributed by atoms with Gasteiger partial charge in [-0.15, -0.1) is 11.3 Å². The summed E-state index contributed by atoms with van der Waals surface area (Å²) in [5, 5.41) is 5.84. The number of benzene rings is 1. The van der Waals surface area contributed by atoms with Crippen LogP contribution in [0.5, 0.6) is 0 Å². The van der Waals surface area contributed by atoms with Crippen molar-refractivity contribution in [3.8, 4) is 10.4 Å². The fraction of sp³-hybridized carbons (Fsp3) is 0.471. The second-order valence-corrected chi connectivity index (χ2v) is 7.75. The van der Waals surface area contributed by atoms with E-state index in [1.165, 1.54) is 32.1 Å². The van der Waals surface area contributed by atoms with E-state index in [2.05, 4.69) is 10.3 Å². The van der Waals surface area contributed by atoms with Gasteiger partial charge in [-0.3, -0.25) is 0 Å². The SMILES string of the molecule is Clc1cccc(-c2cnc(CNCC3CCCCC3)s2)c1Cl. The molecule has 0 radical (unpaired) electrons. The van der Waals surface area contributed by atoms with Crippen LogP contribution < -0.4 is 5.32 Å². The van der Waals surface area contributed by atoms with Crippen molar-refractivity contribution in [2.24, 2.45) is 5.92 Å². The van der Waals surface area contributed by atoms with E-state index in [-0.39, 0.29) is 0 Å². The Hall–Kier alpha value is -0.610. The predicted octanol–water partition coefficient (Wildman–Crippen LogP) is 5.79. The third-order valence-electron chi connectivity index (χ3n) is 4.20. The zero-order valence-electron chi connectivity index (χ0n) is 12.4. The van der Waals surface area contributed by atoms with Crippen LogP contribution in [0, 0.1) is 5.92 Å². The second kappa shape index (κ2) is 7.78. The summed E-state index contributed by atoms with van der Waals surface area (Å²) < 4.78 is 0. The zero-order valence-corrected chi connectivity index (χ0v) is 14.8. The highest BCUT2D eigenvalue weighted by molar-refractivity contribution is 7.15. The first-order valence-corrected chi connectivity index (χ1v) is 9.41. The molecule has 3 rings (SSSR count). The molecule has 1 saturated carbocycles. The third kappa shape index (κ3) is 4.02. The second-order valence-electron chi connectivity index (χ2n) is 5.85. The van der Waals surface area contributed by atoms with Gasteiger partial charge in [0, 0.05) is 18.3 Å². The molecule has 1 aliphatic rings. The molecule has 0 bridgehead atoms. The third-order valence-corrected chi connectivity index (χ3v) is 6.05. The van der Waals surface area contributed by atoms with Crippen molar-refractivity contribution in [3.63, 3.8) is 0 Å². The molecule has 1 fully saturated rings. The van der Waals surface area contributed by atoms with Gasteiger partial charge in [-0.1, -0.05) is 54.6 Å². The highest BCUT2D eigenvalue weighted by Crippen LogP contribution is 2.36. The molecule has 0 unspecified atom stereocenters. The van der Waals surface area contributed by atoms with Gasteiger partial charge in [-0.25, -0.2) is 4.98 Å². The summed E-state index contributed by atoms with van der Waals surface area (Å²) in [4.78, 5) is 5.57. The number of rotatable bonds is 5. The van der Waals surface area contributed by atoms with E-state index < -0.39 is 0 Å². The quantitative estimate of drug-likeness (QED) is 0.735. The molecule has 0 atom stereocenters. The molecular formula is C17H20Cl2N2S. The lowest BCUT2D eigenvalue weighted by Crippen LogP contribution is -2.24. The number of halogens is 2. The Bertz CT molecular complexity index is 621. The lowest BCUT2D eigenvalue weighted by molar-refractivity contribution is 0.342. The van der Waals surface area contributed by atoms with Gasteiger partial charge < -0.3 is 5.32 Å². The van der Waals surface area contributed by atoms with E-state index >= 15 is 0 Å². The molecule has 0 spiro atoms. The molecule has 1 aliphatic carbocycles.